The zero-order chi connectivity index (χ0) is 11.4. The van der Waals surface area contributed by atoms with Crippen LogP contribution >= 0.6 is 7.14 Å². The number of rotatable bonds is 5. The summed E-state index contributed by atoms with van der Waals surface area (Å²) in [7, 11) is -2.15. The number of nitrogens with two attached hydrogens (primary N) is 1. The van der Waals surface area contributed by atoms with Crippen molar-refractivity contribution in [2.45, 2.75) is 53.2 Å². The van der Waals surface area contributed by atoms with Crippen LogP contribution in [0, 0.1) is 5.41 Å². The molecule has 2 N–H and O–H groups in total. The van der Waals surface area contributed by atoms with Gasteiger partial charge in [0.2, 0.25) is 0 Å². The summed E-state index contributed by atoms with van der Waals surface area (Å²) in [5.74, 6) is -0.144. The van der Waals surface area contributed by atoms with Gasteiger partial charge in [0.05, 0.1) is 5.78 Å². The van der Waals surface area contributed by atoms with Crippen LogP contribution in [0.25, 0.3) is 0 Å². The third-order valence-corrected chi connectivity index (χ3v) is 6.80. The summed E-state index contributed by atoms with van der Waals surface area (Å²) in [6, 6.07) is 0. The zero-order valence-corrected chi connectivity index (χ0v) is 11.2. The van der Waals surface area contributed by atoms with Crippen molar-refractivity contribution in [3.8, 4) is 0 Å². The van der Waals surface area contributed by atoms with Crippen LogP contribution in [0.15, 0.2) is 0 Å². The Balaban J connectivity index is 4.73. The topological polar surface area (TPSA) is 43.1 Å². The second-order valence-corrected chi connectivity index (χ2v) is 8.57. The molecule has 2 nitrogen and oxygen atoms in total. The summed E-state index contributed by atoms with van der Waals surface area (Å²) in [6.45, 7) is 10.4. The fourth-order valence-corrected chi connectivity index (χ4v) is 5.56. The van der Waals surface area contributed by atoms with Crippen molar-refractivity contribution in [1.82, 2.24) is 0 Å². The molecular formula is C11H26NOP. The van der Waals surface area contributed by atoms with E-state index in [9.17, 15) is 4.57 Å². The first-order chi connectivity index (χ1) is 6.28. The fourth-order valence-electron chi connectivity index (χ4n) is 1.85. The van der Waals surface area contributed by atoms with E-state index >= 15 is 0 Å². The van der Waals surface area contributed by atoms with E-state index in [1.54, 1.807) is 0 Å². The Hall–Kier alpha value is 0.190. The van der Waals surface area contributed by atoms with E-state index in [1.807, 2.05) is 0 Å². The van der Waals surface area contributed by atoms with Crippen molar-refractivity contribution in [2.75, 3.05) is 12.3 Å². The van der Waals surface area contributed by atoms with Crippen LogP contribution < -0.4 is 5.73 Å². The number of hydrogen-bond acceptors (Lipinski definition) is 2. The van der Waals surface area contributed by atoms with Crippen LogP contribution in [0.5, 0.6) is 0 Å². The van der Waals surface area contributed by atoms with E-state index in [0.717, 1.165) is 25.2 Å². The van der Waals surface area contributed by atoms with Gasteiger partial charge < -0.3 is 10.3 Å². The lowest BCUT2D eigenvalue weighted by atomic mass is 9.97. The lowest BCUT2D eigenvalue weighted by Crippen LogP contribution is -2.36. The highest BCUT2D eigenvalue weighted by molar-refractivity contribution is 7.64. The highest BCUT2D eigenvalue weighted by Crippen LogP contribution is 2.54. The Morgan fingerprint density at radius 2 is 1.50 bits per heavy atom. The summed E-state index contributed by atoms with van der Waals surface area (Å²) < 4.78 is 12.6. The lowest BCUT2D eigenvalue weighted by molar-refractivity contribution is 0.380. The van der Waals surface area contributed by atoms with Gasteiger partial charge in [0.15, 0.2) is 0 Å². The first-order valence-corrected chi connectivity index (χ1v) is 7.76. The van der Waals surface area contributed by atoms with Crippen LogP contribution in [0.3, 0.4) is 0 Å². The van der Waals surface area contributed by atoms with E-state index in [0.29, 0.717) is 0 Å². The Morgan fingerprint density at radius 1 is 1.14 bits per heavy atom. The molecule has 0 aliphatic carbocycles. The maximum Gasteiger partial charge on any atom is 0.104 e. The Kier molecular flexibility index (Phi) is 5.39. The standard InChI is InChI=1S/C11H26NOP/c1-6-8-14(13,9-7-2)10(12)11(3,4)5/h10H,6-9,12H2,1-5H3. The molecule has 0 spiro atoms. The molecule has 0 saturated carbocycles. The van der Waals surface area contributed by atoms with Gasteiger partial charge in [-0.1, -0.05) is 34.6 Å². The second-order valence-electron chi connectivity index (χ2n) is 5.21. The molecule has 0 aliphatic heterocycles. The molecule has 0 heterocycles. The van der Waals surface area contributed by atoms with Gasteiger partial charge in [-0.2, -0.15) is 0 Å². The summed E-state index contributed by atoms with van der Waals surface area (Å²) in [6.07, 6.45) is 3.56. The van der Waals surface area contributed by atoms with E-state index in [2.05, 4.69) is 34.6 Å². The first-order valence-electron chi connectivity index (χ1n) is 5.61. The van der Waals surface area contributed by atoms with Crippen LogP contribution in [-0.2, 0) is 4.57 Å². The molecule has 0 bridgehead atoms. The normalized spacial score (nSPS) is 15.6. The molecule has 0 aromatic carbocycles. The Labute approximate surface area is 89.0 Å². The van der Waals surface area contributed by atoms with Crippen LogP contribution in [0.4, 0.5) is 0 Å². The maximum absolute atomic E-state index is 12.6. The van der Waals surface area contributed by atoms with Crippen molar-refractivity contribution in [1.29, 1.82) is 0 Å². The summed E-state index contributed by atoms with van der Waals surface area (Å²) in [4.78, 5) is 0. The molecule has 86 valence electrons. The predicted molar refractivity (Wildman–Crippen MR) is 65.4 cm³/mol. The van der Waals surface area contributed by atoms with E-state index in [1.165, 1.54) is 0 Å². The first kappa shape index (κ1) is 14.2. The van der Waals surface area contributed by atoms with Crippen LogP contribution in [0.2, 0.25) is 0 Å². The van der Waals surface area contributed by atoms with Crippen molar-refractivity contribution in [2.24, 2.45) is 11.1 Å². The van der Waals surface area contributed by atoms with Gasteiger partial charge in [0, 0.05) is 12.3 Å². The van der Waals surface area contributed by atoms with E-state index in [-0.39, 0.29) is 11.2 Å². The minimum absolute atomic E-state index is 0.0418. The molecule has 0 radical (unpaired) electrons. The Morgan fingerprint density at radius 3 is 1.71 bits per heavy atom. The minimum Gasteiger partial charge on any atom is -0.322 e. The SMILES string of the molecule is CCCP(=O)(CCC)C(N)C(C)(C)C. The van der Waals surface area contributed by atoms with Gasteiger partial charge in [-0.05, 0) is 18.3 Å². The zero-order valence-electron chi connectivity index (χ0n) is 10.3. The third kappa shape index (κ3) is 3.74. The van der Waals surface area contributed by atoms with Crippen molar-refractivity contribution in [3.05, 3.63) is 0 Å². The van der Waals surface area contributed by atoms with Crippen molar-refractivity contribution in [3.63, 3.8) is 0 Å². The fraction of sp³-hybridized carbons (Fsp3) is 1.00. The average molecular weight is 219 g/mol. The van der Waals surface area contributed by atoms with Gasteiger partial charge in [-0.15, -0.1) is 0 Å². The van der Waals surface area contributed by atoms with Crippen molar-refractivity contribution < 1.29 is 4.57 Å². The smallest absolute Gasteiger partial charge is 0.104 e. The minimum atomic E-state index is -2.15. The molecule has 0 amide bonds. The average Bonchev–Trinajstić information content (AvgIpc) is 2.02. The van der Waals surface area contributed by atoms with Crippen LogP contribution in [-0.4, -0.2) is 18.1 Å². The molecule has 3 heteroatoms. The molecule has 0 fully saturated rings. The van der Waals surface area contributed by atoms with Gasteiger partial charge >= 0.3 is 0 Å². The molecule has 0 aromatic heterocycles. The second kappa shape index (κ2) is 5.32. The predicted octanol–water partition coefficient (Wildman–Crippen LogP) is 3.50. The molecule has 0 rings (SSSR count). The van der Waals surface area contributed by atoms with Crippen molar-refractivity contribution >= 4 is 7.14 Å². The summed E-state index contributed by atoms with van der Waals surface area (Å²) in [5.41, 5.74) is 6.10. The summed E-state index contributed by atoms with van der Waals surface area (Å²) in [5, 5.41) is 0. The van der Waals surface area contributed by atoms with Crippen LogP contribution in [0.1, 0.15) is 47.5 Å². The molecule has 1 unspecified atom stereocenters. The largest absolute Gasteiger partial charge is 0.322 e. The van der Waals surface area contributed by atoms with E-state index < -0.39 is 7.14 Å². The van der Waals surface area contributed by atoms with Gasteiger partial charge in [-0.3, -0.25) is 0 Å². The highest BCUT2D eigenvalue weighted by atomic mass is 31.2. The van der Waals surface area contributed by atoms with Gasteiger partial charge in [0.1, 0.15) is 7.14 Å². The molecule has 14 heavy (non-hydrogen) atoms. The Bertz CT molecular complexity index is 198. The molecule has 0 saturated heterocycles. The highest BCUT2D eigenvalue weighted by Gasteiger charge is 2.36. The monoisotopic (exact) mass is 219 g/mol. The van der Waals surface area contributed by atoms with E-state index in [4.69, 9.17) is 5.73 Å². The lowest BCUT2D eigenvalue weighted by Gasteiger charge is -2.34. The molecule has 1 atom stereocenters. The summed E-state index contributed by atoms with van der Waals surface area (Å²) >= 11 is 0. The maximum atomic E-state index is 12.6. The molecule has 0 aromatic rings. The quantitative estimate of drug-likeness (QED) is 0.719. The van der Waals surface area contributed by atoms with Gasteiger partial charge in [0.25, 0.3) is 0 Å². The van der Waals surface area contributed by atoms with Gasteiger partial charge in [-0.25, -0.2) is 0 Å². The third-order valence-electron chi connectivity index (χ3n) is 2.60. The molecular weight excluding hydrogens is 193 g/mol. The number of hydrogen-bond donors (Lipinski definition) is 1. The molecule has 0 aliphatic rings.